The van der Waals surface area contributed by atoms with Gasteiger partial charge in [0.15, 0.2) is 11.5 Å². The Morgan fingerprint density at radius 1 is 1.07 bits per heavy atom. The summed E-state index contributed by atoms with van der Waals surface area (Å²) in [6.07, 6.45) is 3.11. The average molecular weight is 366 g/mol. The summed E-state index contributed by atoms with van der Waals surface area (Å²) in [5, 5.41) is 2.79. The number of hydrogen-bond donors (Lipinski definition) is 1. The zero-order valence-corrected chi connectivity index (χ0v) is 15.4. The van der Waals surface area contributed by atoms with Crippen molar-refractivity contribution in [1.82, 2.24) is 4.90 Å². The Bertz CT molecular complexity index is 872. The molecule has 0 atom stereocenters. The molecule has 0 unspecified atom stereocenters. The molecule has 27 heavy (non-hydrogen) atoms. The highest BCUT2D eigenvalue weighted by molar-refractivity contribution is 6.07. The molecule has 1 heterocycles. The fourth-order valence-electron chi connectivity index (χ4n) is 2.82. The second-order valence-electron chi connectivity index (χ2n) is 5.96. The summed E-state index contributed by atoms with van der Waals surface area (Å²) >= 11 is 0. The number of rotatable bonds is 6. The lowest BCUT2D eigenvalue weighted by Gasteiger charge is -2.20. The normalized spacial score (nSPS) is 12.2. The van der Waals surface area contributed by atoms with Crippen LogP contribution in [-0.4, -0.2) is 36.6 Å². The fourth-order valence-corrected chi connectivity index (χ4v) is 2.82. The molecule has 0 saturated heterocycles. The van der Waals surface area contributed by atoms with E-state index in [1.807, 2.05) is 26.0 Å². The molecule has 2 aromatic carbocycles. The van der Waals surface area contributed by atoms with Crippen molar-refractivity contribution in [3.05, 3.63) is 59.7 Å². The molecule has 0 aromatic heterocycles. The van der Waals surface area contributed by atoms with Gasteiger partial charge in [0.2, 0.25) is 12.7 Å². The molecule has 0 spiro atoms. The quantitative estimate of drug-likeness (QED) is 0.794. The molecule has 0 bridgehead atoms. The van der Waals surface area contributed by atoms with Crippen molar-refractivity contribution < 1.29 is 19.1 Å². The van der Waals surface area contributed by atoms with Crippen LogP contribution in [0.3, 0.4) is 0 Å². The molecule has 6 heteroatoms. The van der Waals surface area contributed by atoms with Crippen molar-refractivity contribution >= 4 is 23.6 Å². The van der Waals surface area contributed by atoms with Crippen LogP contribution in [0.1, 0.15) is 29.8 Å². The first-order valence-electron chi connectivity index (χ1n) is 8.89. The maximum atomic E-state index is 12.6. The topological polar surface area (TPSA) is 67.9 Å². The van der Waals surface area contributed by atoms with Crippen molar-refractivity contribution in [2.75, 3.05) is 25.2 Å². The van der Waals surface area contributed by atoms with E-state index in [1.54, 1.807) is 41.3 Å². The smallest absolute Gasteiger partial charge is 0.255 e. The Morgan fingerprint density at radius 2 is 1.81 bits per heavy atom. The predicted molar refractivity (Wildman–Crippen MR) is 104 cm³/mol. The number of para-hydroxylation sites is 1. The molecule has 0 fully saturated rings. The molecule has 1 aliphatic heterocycles. The van der Waals surface area contributed by atoms with Gasteiger partial charge < -0.3 is 19.7 Å². The van der Waals surface area contributed by atoms with Gasteiger partial charge in [-0.2, -0.15) is 0 Å². The van der Waals surface area contributed by atoms with Crippen LogP contribution in [0.5, 0.6) is 11.5 Å². The van der Waals surface area contributed by atoms with E-state index >= 15 is 0 Å². The van der Waals surface area contributed by atoms with E-state index in [-0.39, 0.29) is 18.6 Å². The summed E-state index contributed by atoms with van der Waals surface area (Å²) in [6.45, 7) is 5.29. The van der Waals surface area contributed by atoms with Gasteiger partial charge in [0.25, 0.3) is 5.91 Å². The number of amides is 2. The number of anilines is 1. The summed E-state index contributed by atoms with van der Waals surface area (Å²) in [5.41, 5.74) is 1.79. The number of carbonyl (C=O) groups is 2. The Balaban J connectivity index is 1.72. The van der Waals surface area contributed by atoms with Crippen molar-refractivity contribution in [3.63, 3.8) is 0 Å². The first-order valence-corrected chi connectivity index (χ1v) is 8.89. The number of ether oxygens (including phenoxy) is 2. The summed E-state index contributed by atoms with van der Waals surface area (Å²) in [5.74, 6) is 0.941. The van der Waals surface area contributed by atoms with Gasteiger partial charge in [-0.1, -0.05) is 18.2 Å². The van der Waals surface area contributed by atoms with Gasteiger partial charge in [-0.3, -0.25) is 9.59 Å². The standard InChI is InChI=1S/C21H22N2O4/c1-3-23(4-2)21(25)16-7-5-6-8-17(16)22-20(24)12-10-15-9-11-18-19(13-15)27-14-26-18/h5-13H,3-4,14H2,1-2H3,(H,22,24)/b12-10+. The van der Waals surface area contributed by atoms with Crippen LogP contribution in [0.15, 0.2) is 48.5 Å². The van der Waals surface area contributed by atoms with Gasteiger partial charge in [0.05, 0.1) is 11.3 Å². The van der Waals surface area contributed by atoms with Gasteiger partial charge in [-0.25, -0.2) is 0 Å². The Kier molecular flexibility index (Phi) is 5.76. The van der Waals surface area contributed by atoms with Crippen LogP contribution < -0.4 is 14.8 Å². The van der Waals surface area contributed by atoms with Crippen molar-refractivity contribution in [2.45, 2.75) is 13.8 Å². The first kappa shape index (κ1) is 18.5. The van der Waals surface area contributed by atoms with Crippen molar-refractivity contribution in [3.8, 4) is 11.5 Å². The van der Waals surface area contributed by atoms with Gasteiger partial charge in [0, 0.05) is 19.2 Å². The Hall–Kier alpha value is -3.28. The highest BCUT2D eigenvalue weighted by Crippen LogP contribution is 2.32. The zero-order valence-electron chi connectivity index (χ0n) is 15.4. The summed E-state index contributed by atoms with van der Waals surface area (Å²) < 4.78 is 10.6. The molecular formula is C21H22N2O4. The van der Waals surface area contributed by atoms with Crippen molar-refractivity contribution in [2.24, 2.45) is 0 Å². The second kappa shape index (κ2) is 8.40. The molecule has 0 radical (unpaired) electrons. The van der Waals surface area contributed by atoms with E-state index in [0.29, 0.717) is 35.8 Å². The summed E-state index contributed by atoms with van der Waals surface area (Å²) in [7, 11) is 0. The SMILES string of the molecule is CCN(CC)C(=O)c1ccccc1NC(=O)/C=C/c1ccc2c(c1)OCO2. The van der Waals surface area contributed by atoms with Crippen LogP contribution in [-0.2, 0) is 4.79 Å². The largest absolute Gasteiger partial charge is 0.454 e. The minimum absolute atomic E-state index is 0.101. The van der Waals surface area contributed by atoms with Crippen molar-refractivity contribution in [1.29, 1.82) is 0 Å². The van der Waals surface area contributed by atoms with E-state index in [4.69, 9.17) is 9.47 Å². The number of carbonyl (C=O) groups excluding carboxylic acids is 2. The van der Waals surface area contributed by atoms with E-state index in [1.165, 1.54) is 6.08 Å². The Labute approximate surface area is 158 Å². The molecule has 1 N–H and O–H groups in total. The molecule has 3 rings (SSSR count). The number of fused-ring (bicyclic) bond motifs is 1. The van der Waals surface area contributed by atoms with Crippen LogP contribution in [0.2, 0.25) is 0 Å². The van der Waals surface area contributed by atoms with Crippen LogP contribution in [0.4, 0.5) is 5.69 Å². The predicted octanol–water partition coefficient (Wildman–Crippen LogP) is 3.55. The van der Waals surface area contributed by atoms with E-state index in [2.05, 4.69) is 5.32 Å². The first-order chi connectivity index (χ1) is 13.1. The van der Waals surface area contributed by atoms with Crippen LogP contribution in [0, 0.1) is 0 Å². The van der Waals surface area contributed by atoms with Gasteiger partial charge in [-0.05, 0) is 49.8 Å². The third-order valence-electron chi connectivity index (χ3n) is 4.29. The minimum Gasteiger partial charge on any atom is -0.454 e. The summed E-state index contributed by atoms with van der Waals surface area (Å²) in [4.78, 5) is 26.7. The molecule has 1 aliphatic rings. The van der Waals surface area contributed by atoms with E-state index in [9.17, 15) is 9.59 Å². The molecule has 0 aliphatic carbocycles. The summed E-state index contributed by atoms with van der Waals surface area (Å²) in [6, 6.07) is 12.5. The maximum Gasteiger partial charge on any atom is 0.255 e. The highest BCUT2D eigenvalue weighted by atomic mass is 16.7. The lowest BCUT2D eigenvalue weighted by Crippen LogP contribution is -2.31. The van der Waals surface area contributed by atoms with Gasteiger partial charge >= 0.3 is 0 Å². The molecule has 0 saturated carbocycles. The monoisotopic (exact) mass is 366 g/mol. The molecule has 140 valence electrons. The fraction of sp³-hybridized carbons (Fsp3) is 0.238. The molecule has 6 nitrogen and oxygen atoms in total. The third-order valence-corrected chi connectivity index (χ3v) is 4.29. The van der Waals surface area contributed by atoms with Crippen LogP contribution >= 0.6 is 0 Å². The minimum atomic E-state index is -0.313. The lowest BCUT2D eigenvalue weighted by atomic mass is 10.1. The zero-order chi connectivity index (χ0) is 19.2. The number of hydrogen-bond acceptors (Lipinski definition) is 4. The number of nitrogens with zero attached hydrogens (tertiary/aromatic N) is 1. The van der Waals surface area contributed by atoms with Gasteiger partial charge in [0.1, 0.15) is 0 Å². The number of nitrogens with one attached hydrogen (secondary N) is 1. The molecule has 2 aromatic rings. The molecular weight excluding hydrogens is 344 g/mol. The second-order valence-corrected chi connectivity index (χ2v) is 5.96. The van der Waals surface area contributed by atoms with Gasteiger partial charge in [-0.15, -0.1) is 0 Å². The van der Waals surface area contributed by atoms with Crippen LogP contribution in [0.25, 0.3) is 6.08 Å². The average Bonchev–Trinajstić information content (AvgIpc) is 3.15. The third kappa shape index (κ3) is 4.28. The lowest BCUT2D eigenvalue weighted by molar-refractivity contribution is -0.111. The van der Waals surface area contributed by atoms with E-state index in [0.717, 1.165) is 5.56 Å². The Morgan fingerprint density at radius 3 is 2.59 bits per heavy atom. The maximum absolute atomic E-state index is 12.6. The molecule has 2 amide bonds. The highest BCUT2D eigenvalue weighted by Gasteiger charge is 2.17. The van der Waals surface area contributed by atoms with E-state index < -0.39 is 0 Å². The number of benzene rings is 2.